The van der Waals surface area contributed by atoms with Crippen molar-refractivity contribution in [3.63, 3.8) is 0 Å². The molecule has 0 N–H and O–H groups in total. The number of Topliss-reactive ketones (excluding diaryl/α,β-unsaturated/α-hetero) is 1. The van der Waals surface area contributed by atoms with E-state index in [1.807, 2.05) is 0 Å². The van der Waals surface area contributed by atoms with Gasteiger partial charge < -0.3 is 4.74 Å². The minimum atomic E-state index is -0.797. The largest absolute Gasteiger partial charge is 0.456 e. The van der Waals surface area contributed by atoms with E-state index in [1.54, 1.807) is 31.2 Å². The van der Waals surface area contributed by atoms with Crippen molar-refractivity contribution in [2.45, 2.75) is 13.5 Å². The maximum absolute atomic E-state index is 12.3. The van der Waals surface area contributed by atoms with Crippen LogP contribution in [0.1, 0.15) is 15.9 Å². The SMILES string of the molecule is Cc1ccc(C(=O)COC(=O)Cn2cnc3ccccc3c2=O)cc1[N+](=O)[O-]. The molecule has 9 nitrogen and oxygen atoms in total. The normalized spacial score (nSPS) is 10.6. The molecule has 0 aliphatic heterocycles. The highest BCUT2D eigenvalue weighted by Gasteiger charge is 2.17. The van der Waals surface area contributed by atoms with E-state index >= 15 is 0 Å². The Balaban J connectivity index is 1.67. The molecule has 0 radical (unpaired) electrons. The van der Waals surface area contributed by atoms with Gasteiger partial charge in [0.05, 0.1) is 22.2 Å². The Labute approximate surface area is 158 Å². The number of carbonyl (C=O) groups excluding carboxylic acids is 2. The van der Waals surface area contributed by atoms with Crippen molar-refractivity contribution in [2.75, 3.05) is 6.61 Å². The summed E-state index contributed by atoms with van der Waals surface area (Å²) in [6, 6.07) is 10.7. The van der Waals surface area contributed by atoms with Gasteiger partial charge in [0.2, 0.25) is 5.78 Å². The smallest absolute Gasteiger partial charge is 0.326 e. The molecule has 0 amide bonds. The number of nitro groups is 1. The molecule has 0 atom stereocenters. The van der Waals surface area contributed by atoms with Crippen molar-refractivity contribution in [2.24, 2.45) is 0 Å². The molecule has 28 heavy (non-hydrogen) atoms. The maximum Gasteiger partial charge on any atom is 0.326 e. The minimum absolute atomic E-state index is 0.0645. The molecule has 142 valence electrons. The van der Waals surface area contributed by atoms with Crippen LogP contribution in [0.3, 0.4) is 0 Å². The standard InChI is InChI=1S/C19H15N3O6/c1-12-6-7-13(8-16(12)22(26)27)17(23)10-28-18(24)9-21-11-20-15-5-3-2-4-14(15)19(21)25/h2-8,11H,9-10H2,1H3. The summed E-state index contributed by atoms with van der Waals surface area (Å²) < 4.78 is 6.00. The number of para-hydroxylation sites is 1. The number of carbonyl (C=O) groups is 2. The minimum Gasteiger partial charge on any atom is -0.456 e. The number of fused-ring (bicyclic) bond motifs is 1. The average Bonchev–Trinajstić information content (AvgIpc) is 2.68. The van der Waals surface area contributed by atoms with Gasteiger partial charge in [-0.15, -0.1) is 0 Å². The monoisotopic (exact) mass is 381 g/mol. The van der Waals surface area contributed by atoms with Crippen LogP contribution in [0.15, 0.2) is 53.6 Å². The van der Waals surface area contributed by atoms with Gasteiger partial charge >= 0.3 is 5.97 Å². The van der Waals surface area contributed by atoms with E-state index in [0.29, 0.717) is 16.5 Å². The number of benzene rings is 2. The summed E-state index contributed by atoms with van der Waals surface area (Å²) in [5, 5.41) is 11.3. The molecular formula is C19H15N3O6. The molecule has 0 spiro atoms. The zero-order valence-electron chi connectivity index (χ0n) is 14.8. The molecule has 0 unspecified atom stereocenters. The molecule has 0 aliphatic rings. The van der Waals surface area contributed by atoms with Crippen molar-refractivity contribution in [1.29, 1.82) is 0 Å². The number of hydrogen-bond donors (Lipinski definition) is 0. The summed E-state index contributed by atoms with van der Waals surface area (Å²) in [7, 11) is 0. The van der Waals surface area contributed by atoms with Crippen LogP contribution in [0.25, 0.3) is 10.9 Å². The maximum atomic E-state index is 12.3. The van der Waals surface area contributed by atoms with Crippen LogP contribution < -0.4 is 5.56 Å². The topological polar surface area (TPSA) is 121 Å². The lowest BCUT2D eigenvalue weighted by Gasteiger charge is -2.07. The highest BCUT2D eigenvalue weighted by atomic mass is 16.6. The summed E-state index contributed by atoms with van der Waals surface area (Å²) in [5.74, 6) is -1.38. The number of esters is 1. The number of rotatable bonds is 6. The van der Waals surface area contributed by atoms with E-state index in [0.717, 1.165) is 10.6 Å². The van der Waals surface area contributed by atoms with Gasteiger partial charge in [0, 0.05) is 17.2 Å². The van der Waals surface area contributed by atoms with E-state index < -0.39 is 35.4 Å². The third-order valence-corrected chi connectivity index (χ3v) is 4.12. The van der Waals surface area contributed by atoms with Crippen molar-refractivity contribution >= 4 is 28.3 Å². The Hall–Kier alpha value is -3.88. The van der Waals surface area contributed by atoms with Gasteiger partial charge in [-0.05, 0) is 19.1 Å². The summed E-state index contributed by atoms with van der Waals surface area (Å²) in [4.78, 5) is 51.0. The van der Waals surface area contributed by atoms with Gasteiger partial charge in [-0.3, -0.25) is 29.1 Å². The predicted molar refractivity (Wildman–Crippen MR) is 99.1 cm³/mol. The lowest BCUT2D eigenvalue weighted by atomic mass is 10.1. The van der Waals surface area contributed by atoms with Crippen molar-refractivity contribution in [3.8, 4) is 0 Å². The van der Waals surface area contributed by atoms with E-state index in [9.17, 15) is 24.5 Å². The quantitative estimate of drug-likeness (QED) is 0.277. The molecule has 1 aromatic heterocycles. The second-order valence-corrected chi connectivity index (χ2v) is 6.04. The summed E-state index contributed by atoms with van der Waals surface area (Å²) in [5.41, 5.74) is 0.402. The first-order valence-electron chi connectivity index (χ1n) is 8.25. The summed E-state index contributed by atoms with van der Waals surface area (Å²) in [6.07, 6.45) is 1.23. The molecule has 3 rings (SSSR count). The Morgan fingerprint density at radius 1 is 1.21 bits per heavy atom. The number of hydrogen-bond acceptors (Lipinski definition) is 7. The number of aryl methyl sites for hydroxylation is 1. The number of ketones is 1. The van der Waals surface area contributed by atoms with Crippen molar-refractivity contribution < 1.29 is 19.2 Å². The first-order valence-corrected chi connectivity index (χ1v) is 8.25. The van der Waals surface area contributed by atoms with Crippen LogP contribution in [0.4, 0.5) is 5.69 Å². The second-order valence-electron chi connectivity index (χ2n) is 6.04. The van der Waals surface area contributed by atoms with E-state index in [4.69, 9.17) is 4.74 Å². The molecule has 0 saturated heterocycles. The fraction of sp³-hybridized carbons (Fsp3) is 0.158. The highest BCUT2D eigenvalue weighted by molar-refractivity contribution is 5.98. The Kier molecular flexibility index (Phi) is 5.25. The number of ether oxygens (including phenoxy) is 1. The first-order chi connectivity index (χ1) is 13.4. The Bertz CT molecular complexity index is 1150. The Morgan fingerprint density at radius 3 is 2.71 bits per heavy atom. The summed E-state index contributed by atoms with van der Waals surface area (Å²) in [6.45, 7) is 0.564. The third kappa shape index (κ3) is 3.93. The zero-order valence-corrected chi connectivity index (χ0v) is 14.8. The fourth-order valence-electron chi connectivity index (χ4n) is 2.61. The van der Waals surface area contributed by atoms with Crippen LogP contribution in [0.2, 0.25) is 0 Å². The van der Waals surface area contributed by atoms with Crippen LogP contribution >= 0.6 is 0 Å². The van der Waals surface area contributed by atoms with E-state index in [1.165, 1.54) is 18.5 Å². The predicted octanol–water partition coefficient (Wildman–Crippen LogP) is 2.04. The van der Waals surface area contributed by atoms with Crippen LogP contribution in [0.5, 0.6) is 0 Å². The molecule has 0 aliphatic carbocycles. The Morgan fingerprint density at radius 2 is 1.96 bits per heavy atom. The van der Waals surface area contributed by atoms with Crippen molar-refractivity contribution in [1.82, 2.24) is 9.55 Å². The average molecular weight is 381 g/mol. The van der Waals surface area contributed by atoms with Gasteiger partial charge in [0.15, 0.2) is 6.61 Å². The van der Waals surface area contributed by atoms with E-state index in [-0.39, 0.29) is 11.3 Å². The van der Waals surface area contributed by atoms with E-state index in [2.05, 4.69) is 4.98 Å². The first kappa shape index (κ1) is 18.9. The third-order valence-electron chi connectivity index (χ3n) is 4.12. The van der Waals surface area contributed by atoms with Gasteiger partial charge in [-0.1, -0.05) is 24.3 Å². The summed E-state index contributed by atoms with van der Waals surface area (Å²) >= 11 is 0. The number of aromatic nitrogens is 2. The van der Waals surface area contributed by atoms with Gasteiger partial charge in [0.25, 0.3) is 11.2 Å². The van der Waals surface area contributed by atoms with Crippen molar-refractivity contribution in [3.05, 3.63) is 80.4 Å². The fourth-order valence-corrected chi connectivity index (χ4v) is 2.61. The van der Waals surface area contributed by atoms with Crippen LogP contribution in [-0.2, 0) is 16.1 Å². The second kappa shape index (κ2) is 7.78. The number of nitrogens with zero attached hydrogens (tertiary/aromatic N) is 3. The molecule has 1 heterocycles. The molecule has 0 saturated carbocycles. The molecular weight excluding hydrogens is 366 g/mol. The lowest BCUT2D eigenvalue weighted by Crippen LogP contribution is -2.26. The lowest BCUT2D eigenvalue weighted by molar-refractivity contribution is -0.385. The van der Waals surface area contributed by atoms with Gasteiger partial charge in [-0.2, -0.15) is 0 Å². The number of nitro benzene ring substituents is 1. The van der Waals surface area contributed by atoms with Gasteiger partial charge in [-0.25, -0.2) is 4.98 Å². The highest BCUT2D eigenvalue weighted by Crippen LogP contribution is 2.19. The zero-order chi connectivity index (χ0) is 20.3. The molecule has 2 aromatic carbocycles. The molecule has 0 fully saturated rings. The van der Waals surface area contributed by atoms with Crippen LogP contribution in [-0.4, -0.2) is 32.8 Å². The molecule has 0 bridgehead atoms. The molecule has 9 heteroatoms. The molecule has 3 aromatic rings. The van der Waals surface area contributed by atoms with Gasteiger partial charge in [0.1, 0.15) is 6.54 Å². The van der Waals surface area contributed by atoms with Crippen LogP contribution in [0, 0.1) is 17.0 Å².